The van der Waals surface area contributed by atoms with Crippen LogP contribution in [0.5, 0.6) is 11.5 Å². The van der Waals surface area contributed by atoms with Crippen LogP contribution in [0.3, 0.4) is 0 Å². The first kappa shape index (κ1) is 31.3. The molecule has 3 rings (SSSR count). The molecule has 0 bridgehead atoms. The van der Waals surface area contributed by atoms with Gasteiger partial charge < -0.3 is 15.0 Å². The predicted molar refractivity (Wildman–Crippen MR) is 163 cm³/mol. The average Bonchev–Trinajstić information content (AvgIpc) is 2.85. The van der Waals surface area contributed by atoms with Crippen LogP contribution in [0.25, 0.3) is 0 Å². The molecule has 3 aromatic rings. The molecule has 0 heterocycles. The Balaban J connectivity index is 0.00000481. The number of benzene rings is 3. The molecule has 0 saturated heterocycles. The third-order valence-corrected chi connectivity index (χ3v) is 8.25. The van der Waals surface area contributed by atoms with Crippen LogP contribution in [0.4, 0.5) is 5.69 Å². The molecule has 0 radical (unpaired) electrons. The van der Waals surface area contributed by atoms with E-state index in [0.29, 0.717) is 12.3 Å². The maximum Gasteiger partial charge on any atom is 0.209 e. The van der Waals surface area contributed by atoms with Crippen molar-refractivity contribution in [1.82, 2.24) is 10.0 Å². The van der Waals surface area contributed by atoms with Crippen molar-refractivity contribution in [1.29, 1.82) is 0 Å². The van der Waals surface area contributed by atoms with Gasteiger partial charge in [-0.25, -0.2) is 13.1 Å². The lowest BCUT2D eigenvalue weighted by Crippen LogP contribution is -2.40. The Morgan fingerprint density at radius 2 is 1.46 bits per heavy atom. The summed E-state index contributed by atoms with van der Waals surface area (Å²) < 4.78 is 32.3. The van der Waals surface area contributed by atoms with Gasteiger partial charge in [-0.05, 0) is 47.5 Å². The molecule has 0 aromatic heterocycles. The first-order chi connectivity index (χ1) is 17.3. The first-order valence-corrected chi connectivity index (χ1v) is 15.8. The van der Waals surface area contributed by atoms with Crippen LogP contribution in [0, 0.1) is 0 Å². The number of thioether (sulfide) groups is 2. The van der Waals surface area contributed by atoms with Crippen LogP contribution in [-0.4, -0.2) is 53.0 Å². The molecule has 2 N–H and O–H groups in total. The molecule has 0 fully saturated rings. The van der Waals surface area contributed by atoms with Crippen molar-refractivity contribution in [3.8, 4) is 11.5 Å². The molecule has 0 aliphatic heterocycles. The fourth-order valence-electron chi connectivity index (χ4n) is 3.31. The molecule has 6 nitrogen and oxygen atoms in total. The molecule has 0 spiro atoms. The van der Waals surface area contributed by atoms with Crippen molar-refractivity contribution in [3.63, 3.8) is 0 Å². The summed E-state index contributed by atoms with van der Waals surface area (Å²) in [7, 11) is 0.776. The van der Waals surface area contributed by atoms with Gasteiger partial charge in [0.15, 0.2) is 0 Å². The van der Waals surface area contributed by atoms with E-state index in [0.717, 1.165) is 35.1 Å². The molecule has 1 atom stereocenters. The smallest absolute Gasteiger partial charge is 0.209 e. The van der Waals surface area contributed by atoms with Crippen LogP contribution in [-0.2, 0) is 21.5 Å². The molecule has 0 saturated carbocycles. The summed E-state index contributed by atoms with van der Waals surface area (Å²) in [4.78, 5) is 2.09. The number of nitrogens with one attached hydrogen (secondary N) is 2. The summed E-state index contributed by atoms with van der Waals surface area (Å²) in [6.45, 7) is 1.37. The van der Waals surface area contributed by atoms with Crippen LogP contribution in [0.1, 0.15) is 11.1 Å². The average molecular weight is 582 g/mol. The molecule has 37 heavy (non-hydrogen) atoms. The Morgan fingerprint density at radius 1 is 0.865 bits per heavy atom. The second-order valence-corrected chi connectivity index (χ2v) is 12.6. The lowest BCUT2D eigenvalue weighted by Gasteiger charge is -2.18. The highest BCUT2D eigenvalue weighted by Crippen LogP contribution is 2.23. The highest BCUT2D eigenvalue weighted by Gasteiger charge is 2.14. The third kappa shape index (κ3) is 12.5. The summed E-state index contributed by atoms with van der Waals surface area (Å²) in [6.07, 6.45) is 1.20. The molecule has 0 aliphatic rings. The van der Waals surface area contributed by atoms with Crippen molar-refractivity contribution in [3.05, 3.63) is 90.0 Å². The number of anilines is 1. The second kappa shape index (κ2) is 16.2. The predicted octanol–water partition coefficient (Wildman–Crippen LogP) is 5.60. The molecule has 10 heteroatoms. The van der Waals surface area contributed by atoms with Gasteiger partial charge >= 0.3 is 0 Å². The van der Waals surface area contributed by atoms with Gasteiger partial charge in [0.2, 0.25) is 10.0 Å². The SMILES string of the molecule is CN(C)c1ccc(CSCCNCC(NS(C)(=O)=O)SCc2ccc(Oc3ccccc3)cc2)cc1.Cl. The number of nitrogens with zero attached hydrogens (tertiary/aromatic N) is 1. The zero-order valence-corrected chi connectivity index (χ0v) is 24.7. The minimum atomic E-state index is -3.30. The zero-order chi connectivity index (χ0) is 25.8. The summed E-state index contributed by atoms with van der Waals surface area (Å²) in [5.74, 6) is 4.17. The second-order valence-electron chi connectivity index (χ2n) is 8.57. The van der Waals surface area contributed by atoms with Crippen molar-refractivity contribution >= 4 is 51.6 Å². The van der Waals surface area contributed by atoms with Gasteiger partial charge in [-0.3, -0.25) is 0 Å². The maximum atomic E-state index is 11.9. The highest BCUT2D eigenvalue weighted by atomic mass is 35.5. The van der Waals surface area contributed by atoms with Gasteiger partial charge in [0.05, 0.1) is 11.6 Å². The van der Waals surface area contributed by atoms with Crippen molar-refractivity contribution in [2.24, 2.45) is 0 Å². The Hall–Kier alpha value is -1.88. The number of ether oxygens (including phenoxy) is 1. The van der Waals surface area contributed by atoms with E-state index >= 15 is 0 Å². The van der Waals surface area contributed by atoms with E-state index in [-0.39, 0.29) is 17.8 Å². The Labute approximate surface area is 236 Å². The summed E-state index contributed by atoms with van der Waals surface area (Å²) in [5.41, 5.74) is 3.61. The van der Waals surface area contributed by atoms with Crippen molar-refractivity contribution in [2.45, 2.75) is 16.9 Å². The monoisotopic (exact) mass is 581 g/mol. The fraction of sp³-hybridized carbons (Fsp3) is 0.333. The van der Waals surface area contributed by atoms with Gasteiger partial charge in [-0.1, -0.05) is 42.5 Å². The number of para-hydroxylation sites is 1. The highest BCUT2D eigenvalue weighted by molar-refractivity contribution is 8.00. The summed E-state index contributed by atoms with van der Waals surface area (Å²) in [6, 6.07) is 26.2. The lowest BCUT2D eigenvalue weighted by atomic mass is 10.2. The molecule has 0 aliphatic carbocycles. The molecule has 3 aromatic carbocycles. The molecule has 202 valence electrons. The number of halogens is 1. The minimum absolute atomic E-state index is 0. The van der Waals surface area contributed by atoms with Gasteiger partial charge in [0.25, 0.3) is 0 Å². The zero-order valence-electron chi connectivity index (χ0n) is 21.4. The number of rotatable bonds is 15. The van der Waals surface area contributed by atoms with E-state index in [1.807, 2.05) is 80.5 Å². The number of hydrogen-bond donors (Lipinski definition) is 2. The first-order valence-electron chi connectivity index (χ1n) is 11.7. The lowest BCUT2D eigenvalue weighted by molar-refractivity contribution is 0.482. The van der Waals surface area contributed by atoms with Crippen LogP contribution in [0.15, 0.2) is 78.9 Å². The number of sulfonamides is 1. The largest absolute Gasteiger partial charge is 0.457 e. The van der Waals surface area contributed by atoms with E-state index in [1.165, 1.54) is 17.5 Å². The standard InChI is InChI=1S/C27H35N3O3S3.ClH/c1-30(2)24-13-9-22(10-14-24)20-34-18-17-28-19-27(29-36(3,31)32)35-21-23-11-15-26(16-12-23)33-25-7-5-4-6-8-25;/h4-16,27-29H,17-21H2,1-3H3;1H. The molecule has 1 unspecified atom stereocenters. The molecular formula is C27H36ClN3O3S3. The number of hydrogen-bond acceptors (Lipinski definition) is 7. The normalized spacial score (nSPS) is 12.0. The van der Waals surface area contributed by atoms with E-state index in [4.69, 9.17) is 4.74 Å². The van der Waals surface area contributed by atoms with E-state index in [2.05, 4.69) is 39.2 Å². The van der Waals surface area contributed by atoms with E-state index in [9.17, 15) is 8.42 Å². The minimum Gasteiger partial charge on any atom is -0.457 e. The van der Waals surface area contributed by atoms with Crippen molar-refractivity contribution < 1.29 is 13.2 Å². The van der Waals surface area contributed by atoms with E-state index < -0.39 is 10.0 Å². The Kier molecular flexibility index (Phi) is 13.7. The van der Waals surface area contributed by atoms with Gasteiger partial charge in [0.1, 0.15) is 11.5 Å². The van der Waals surface area contributed by atoms with Crippen LogP contribution >= 0.6 is 35.9 Å². The van der Waals surface area contributed by atoms with E-state index in [1.54, 1.807) is 11.8 Å². The van der Waals surface area contributed by atoms with Gasteiger partial charge in [-0.2, -0.15) is 11.8 Å². The van der Waals surface area contributed by atoms with Gasteiger partial charge in [-0.15, -0.1) is 24.2 Å². The maximum absolute atomic E-state index is 11.9. The Morgan fingerprint density at radius 3 is 2.08 bits per heavy atom. The summed E-state index contributed by atoms with van der Waals surface area (Å²) >= 11 is 3.44. The summed E-state index contributed by atoms with van der Waals surface area (Å²) in [5, 5.41) is 3.15. The van der Waals surface area contributed by atoms with Crippen LogP contribution < -0.4 is 19.7 Å². The Bertz CT molecular complexity index is 1150. The molecular weight excluding hydrogens is 546 g/mol. The van der Waals surface area contributed by atoms with Crippen LogP contribution in [0.2, 0.25) is 0 Å². The fourth-order valence-corrected chi connectivity index (χ4v) is 6.35. The van der Waals surface area contributed by atoms with Gasteiger partial charge in [0, 0.05) is 50.1 Å². The quantitative estimate of drug-likeness (QED) is 0.179. The van der Waals surface area contributed by atoms with Crippen molar-refractivity contribution in [2.75, 3.05) is 44.1 Å². The molecule has 0 amide bonds. The topological polar surface area (TPSA) is 70.7 Å². The third-order valence-electron chi connectivity index (χ3n) is 5.17.